The van der Waals surface area contributed by atoms with Crippen LogP contribution in [0.15, 0.2) is 71.4 Å². The molecule has 3 aromatic rings. The largest absolute Gasteiger partial charge is 0.494 e. The second-order valence-corrected chi connectivity index (χ2v) is 10.2. The van der Waals surface area contributed by atoms with Crippen molar-refractivity contribution in [1.29, 1.82) is 0 Å². The Bertz CT molecular complexity index is 984. The van der Waals surface area contributed by atoms with E-state index >= 15 is 0 Å². The predicted octanol–water partition coefficient (Wildman–Crippen LogP) is 10.3. The molecular formula is C32H47N5O. The molecule has 6 nitrogen and oxygen atoms in total. The highest BCUT2D eigenvalue weighted by atomic mass is 16.5. The molecule has 0 aliphatic carbocycles. The van der Waals surface area contributed by atoms with Gasteiger partial charge in [-0.3, -0.25) is 4.57 Å². The molecule has 0 N–H and O–H groups in total. The average molecular weight is 518 g/mol. The van der Waals surface area contributed by atoms with Crippen molar-refractivity contribution in [2.45, 2.75) is 110 Å². The molecule has 0 bridgehead atoms. The molecule has 1 heterocycles. The summed E-state index contributed by atoms with van der Waals surface area (Å²) >= 11 is 0. The molecule has 0 saturated carbocycles. The summed E-state index contributed by atoms with van der Waals surface area (Å²) in [4.78, 5) is 0. The second-order valence-electron chi connectivity index (χ2n) is 10.2. The van der Waals surface area contributed by atoms with Gasteiger partial charge in [0.25, 0.3) is 0 Å². The molecule has 0 atom stereocenters. The Hall–Kier alpha value is -3.02. The van der Waals surface area contributed by atoms with Crippen LogP contribution < -0.4 is 4.74 Å². The van der Waals surface area contributed by atoms with Gasteiger partial charge in [-0.15, -0.1) is 10.2 Å². The summed E-state index contributed by atoms with van der Waals surface area (Å²) in [6.07, 6.45) is 25.5. The first-order valence-corrected chi connectivity index (χ1v) is 14.9. The van der Waals surface area contributed by atoms with Gasteiger partial charge in [-0.05, 0) is 55.0 Å². The van der Waals surface area contributed by atoms with E-state index in [1.807, 2.05) is 53.1 Å². The quantitative estimate of drug-likeness (QED) is 0.104. The molecule has 1 aromatic heterocycles. The SMILES string of the molecule is CCCCCCCCCCCCCCCCCCOc1ccc(N=Nc2ccc(-n3cnnc3)cc2)cc1. The maximum atomic E-state index is 5.91. The van der Waals surface area contributed by atoms with E-state index in [0.29, 0.717) is 0 Å². The minimum atomic E-state index is 0.776. The summed E-state index contributed by atoms with van der Waals surface area (Å²) in [5, 5.41) is 16.3. The predicted molar refractivity (Wildman–Crippen MR) is 157 cm³/mol. The monoisotopic (exact) mass is 517 g/mol. The first kappa shape index (κ1) is 29.5. The van der Waals surface area contributed by atoms with E-state index in [2.05, 4.69) is 27.3 Å². The fourth-order valence-electron chi connectivity index (χ4n) is 4.59. The zero-order valence-electron chi connectivity index (χ0n) is 23.4. The second kappa shape index (κ2) is 19.1. The minimum absolute atomic E-state index is 0.776. The van der Waals surface area contributed by atoms with Gasteiger partial charge in [0.1, 0.15) is 18.4 Å². The van der Waals surface area contributed by atoms with Gasteiger partial charge < -0.3 is 4.74 Å². The number of nitrogens with zero attached hydrogens (tertiary/aromatic N) is 5. The molecular weight excluding hydrogens is 470 g/mol. The lowest BCUT2D eigenvalue weighted by atomic mass is 10.0. The minimum Gasteiger partial charge on any atom is -0.494 e. The van der Waals surface area contributed by atoms with Crippen molar-refractivity contribution >= 4 is 11.4 Å². The van der Waals surface area contributed by atoms with Crippen LogP contribution in [0.4, 0.5) is 11.4 Å². The molecule has 0 fully saturated rings. The van der Waals surface area contributed by atoms with Crippen molar-refractivity contribution in [1.82, 2.24) is 14.8 Å². The van der Waals surface area contributed by atoms with Crippen molar-refractivity contribution in [2.24, 2.45) is 10.2 Å². The summed E-state index contributed by atoms with van der Waals surface area (Å²) in [5.41, 5.74) is 2.59. The van der Waals surface area contributed by atoms with Crippen LogP contribution in [0.25, 0.3) is 5.69 Å². The van der Waals surface area contributed by atoms with Crippen LogP contribution in [-0.4, -0.2) is 21.4 Å². The Kier molecular flexibility index (Phi) is 14.9. The molecule has 3 rings (SSSR count). The number of hydrogen-bond acceptors (Lipinski definition) is 5. The van der Waals surface area contributed by atoms with Gasteiger partial charge in [-0.2, -0.15) is 10.2 Å². The topological polar surface area (TPSA) is 64.7 Å². The molecule has 206 valence electrons. The van der Waals surface area contributed by atoms with E-state index in [9.17, 15) is 0 Å². The maximum Gasteiger partial charge on any atom is 0.123 e. The fraction of sp³-hybridized carbons (Fsp3) is 0.562. The third-order valence-corrected chi connectivity index (χ3v) is 6.95. The summed E-state index contributed by atoms with van der Waals surface area (Å²) in [7, 11) is 0. The Morgan fingerprint density at radius 1 is 0.553 bits per heavy atom. The van der Waals surface area contributed by atoms with E-state index in [1.54, 1.807) is 12.7 Å². The van der Waals surface area contributed by atoms with Crippen molar-refractivity contribution < 1.29 is 4.74 Å². The average Bonchev–Trinajstić information content (AvgIpc) is 3.50. The molecule has 6 heteroatoms. The van der Waals surface area contributed by atoms with Crippen LogP contribution in [0.1, 0.15) is 110 Å². The van der Waals surface area contributed by atoms with E-state index in [1.165, 1.54) is 96.3 Å². The van der Waals surface area contributed by atoms with Crippen LogP contribution in [0.5, 0.6) is 5.75 Å². The molecule has 38 heavy (non-hydrogen) atoms. The summed E-state index contributed by atoms with van der Waals surface area (Å²) in [5.74, 6) is 0.892. The third kappa shape index (κ3) is 12.5. The zero-order valence-corrected chi connectivity index (χ0v) is 23.4. The molecule has 2 aromatic carbocycles. The van der Waals surface area contributed by atoms with Gasteiger partial charge in [0.15, 0.2) is 0 Å². The summed E-state index contributed by atoms with van der Waals surface area (Å²) in [6, 6.07) is 15.6. The lowest BCUT2D eigenvalue weighted by Crippen LogP contribution is -1.96. The van der Waals surface area contributed by atoms with Crippen molar-refractivity contribution in [3.05, 3.63) is 61.2 Å². The summed E-state index contributed by atoms with van der Waals surface area (Å²) < 4.78 is 7.75. The van der Waals surface area contributed by atoms with E-state index in [0.717, 1.165) is 35.8 Å². The number of rotatable bonds is 21. The highest BCUT2D eigenvalue weighted by Crippen LogP contribution is 2.22. The van der Waals surface area contributed by atoms with Crippen LogP contribution >= 0.6 is 0 Å². The highest BCUT2D eigenvalue weighted by molar-refractivity contribution is 5.46. The first-order chi connectivity index (χ1) is 18.8. The van der Waals surface area contributed by atoms with Gasteiger partial charge in [0.2, 0.25) is 0 Å². The van der Waals surface area contributed by atoms with Gasteiger partial charge in [0, 0.05) is 5.69 Å². The van der Waals surface area contributed by atoms with Crippen LogP contribution in [0.3, 0.4) is 0 Å². The standard InChI is InChI=1S/C32H47N5O/c1-2-3-4-5-6-7-8-9-10-11-12-13-14-15-16-17-26-38-32-24-20-30(21-25-32)36-35-29-18-22-31(23-19-29)37-27-33-34-28-37/h18-25,27-28H,2-17,26H2,1H3. The van der Waals surface area contributed by atoms with E-state index < -0.39 is 0 Å². The van der Waals surface area contributed by atoms with Gasteiger partial charge in [-0.25, -0.2) is 0 Å². The smallest absolute Gasteiger partial charge is 0.123 e. The van der Waals surface area contributed by atoms with Gasteiger partial charge in [0.05, 0.1) is 18.0 Å². The molecule has 0 radical (unpaired) electrons. The molecule has 0 aliphatic rings. The third-order valence-electron chi connectivity index (χ3n) is 6.95. The van der Waals surface area contributed by atoms with Crippen molar-refractivity contribution in [2.75, 3.05) is 6.61 Å². The van der Waals surface area contributed by atoms with E-state index in [-0.39, 0.29) is 0 Å². The van der Waals surface area contributed by atoms with Crippen LogP contribution in [-0.2, 0) is 0 Å². The lowest BCUT2D eigenvalue weighted by Gasteiger charge is -2.06. The Morgan fingerprint density at radius 2 is 0.974 bits per heavy atom. The highest BCUT2D eigenvalue weighted by Gasteiger charge is 1.99. The lowest BCUT2D eigenvalue weighted by molar-refractivity contribution is 0.304. The Labute approximate surface area is 230 Å². The summed E-state index contributed by atoms with van der Waals surface area (Å²) in [6.45, 7) is 3.06. The van der Waals surface area contributed by atoms with E-state index in [4.69, 9.17) is 4.74 Å². The Morgan fingerprint density at radius 3 is 1.45 bits per heavy atom. The first-order valence-electron chi connectivity index (χ1n) is 14.9. The molecule has 0 spiro atoms. The molecule has 0 unspecified atom stereocenters. The van der Waals surface area contributed by atoms with Crippen molar-refractivity contribution in [3.8, 4) is 11.4 Å². The Balaban J connectivity index is 1.15. The number of ether oxygens (including phenoxy) is 1. The normalized spacial score (nSPS) is 11.4. The number of hydrogen-bond donors (Lipinski definition) is 0. The van der Waals surface area contributed by atoms with Gasteiger partial charge in [-0.1, -0.05) is 103 Å². The van der Waals surface area contributed by atoms with Crippen molar-refractivity contribution in [3.63, 3.8) is 0 Å². The van der Waals surface area contributed by atoms with Crippen LogP contribution in [0.2, 0.25) is 0 Å². The van der Waals surface area contributed by atoms with Gasteiger partial charge >= 0.3 is 0 Å². The number of benzene rings is 2. The molecule has 0 amide bonds. The van der Waals surface area contributed by atoms with Crippen LogP contribution in [0, 0.1) is 0 Å². The molecule has 0 aliphatic heterocycles. The molecule has 0 saturated heterocycles. The number of aromatic nitrogens is 3. The number of azo groups is 1. The maximum absolute atomic E-state index is 5.91. The number of unbranched alkanes of at least 4 members (excludes halogenated alkanes) is 15. The zero-order chi connectivity index (χ0) is 26.5. The fourth-order valence-corrected chi connectivity index (χ4v) is 4.59.